The summed E-state index contributed by atoms with van der Waals surface area (Å²) in [7, 11) is 0. The first-order valence-corrected chi connectivity index (χ1v) is 16.4. The molecular weight excluding hydrogens is 548 g/mol. The van der Waals surface area contributed by atoms with Crippen LogP contribution in [0.4, 0.5) is 11.4 Å². The van der Waals surface area contributed by atoms with E-state index in [1.54, 1.807) is 0 Å². The summed E-state index contributed by atoms with van der Waals surface area (Å²) in [4.78, 5) is 5.49. The highest BCUT2D eigenvalue weighted by molar-refractivity contribution is 6.10. The molecule has 0 radical (unpaired) electrons. The summed E-state index contributed by atoms with van der Waals surface area (Å²) >= 11 is 0. The number of fused-ring (bicyclic) bond motifs is 5. The van der Waals surface area contributed by atoms with Crippen molar-refractivity contribution in [3.63, 3.8) is 0 Å². The maximum Gasteiger partial charge on any atom is 0.215 e. The Morgan fingerprint density at radius 2 is 1.22 bits per heavy atom. The van der Waals surface area contributed by atoms with Crippen LogP contribution in [0.2, 0.25) is 0 Å². The van der Waals surface area contributed by atoms with Crippen LogP contribution in [0.15, 0.2) is 97.1 Å². The summed E-state index contributed by atoms with van der Waals surface area (Å²) in [5, 5.41) is 8.76. The van der Waals surface area contributed by atoms with Crippen molar-refractivity contribution in [2.75, 3.05) is 5.32 Å². The molecule has 0 aliphatic heterocycles. The van der Waals surface area contributed by atoms with Crippen molar-refractivity contribution in [3.05, 3.63) is 108 Å². The van der Waals surface area contributed by atoms with Gasteiger partial charge in [-0.3, -0.25) is 4.57 Å². The number of benzene rings is 5. The van der Waals surface area contributed by atoms with Crippen LogP contribution in [0.25, 0.3) is 49.6 Å². The van der Waals surface area contributed by atoms with Gasteiger partial charge in [0.05, 0.1) is 22.2 Å². The van der Waals surface area contributed by atoms with E-state index in [9.17, 15) is 0 Å². The first-order valence-electron chi connectivity index (χ1n) is 16.4. The van der Waals surface area contributed by atoms with E-state index >= 15 is 0 Å². The number of rotatable bonds is 6. The van der Waals surface area contributed by atoms with Gasteiger partial charge in [0.15, 0.2) is 0 Å². The highest BCUT2D eigenvalue weighted by Crippen LogP contribution is 2.39. The van der Waals surface area contributed by atoms with E-state index in [-0.39, 0.29) is 10.8 Å². The second kappa shape index (κ2) is 10.8. The number of para-hydroxylation sites is 1. The van der Waals surface area contributed by atoms with E-state index < -0.39 is 0 Å². The summed E-state index contributed by atoms with van der Waals surface area (Å²) in [6.45, 7) is 16.9. The van der Waals surface area contributed by atoms with Crippen molar-refractivity contribution in [2.45, 2.75) is 78.7 Å². The largest absolute Gasteiger partial charge is 0.353 e. The minimum absolute atomic E-state index is 0.0563. The van der Waals surface area contributed by atoms with Gasteiger partial charge in [0, 0.05) is 28.4 Å². The highest BCUT2D eigenvalue weighted by Gasteiger charge is 2.24. The minimum Gasteiger partial charge on any atom is -0.353 e. The third-order valence-corrected chi connectivity index (χ3v) is 9.25. The van der Waals surface area contributed by atoms with E-state index in [2.05, 4.69) is 160 Å². The van der Waals surface area contributed by atoms with Crippen LogP contribution in [0.1, 0.15) is 72.4 Å². The molecule has 0 aliphatic carbocycles. The first kappa shape index (κ1) is 29.2. The third-order valence-electron chi connectivity index (χ3n) is 9.25. The molecule has 4 heteroatoms. The van der Waals surface area contributed by atoms with Crippen LogP contribution in [-0.2, 0) is 17.4 Å². The number of nitrogens with one attached hydrogen (secondary N) is 1. The topological polar surface area (TPSA) is 34.8 Å². The van der Waals surface area contributed by atoms with Gasteiger partial charge in [0.1, 0.15) is 5.52 Å². The molecule has 4 nitrogen and oxygen atoms in total. The number of anilines is 2. The molecule has 0 saturated heterocycles. The zero-order valence-corrected chi connectivity index (χ0v) is 27.7. The van der Waals surface area contributed by atoms with E-state index in [1.807, 2.05) is 0 Å². The highest BCUT2D eigenvalue weighted by atomic mass is 15.2. The molecule has 0 unspecified atom stereocenters. The molecule has 228 valence electrons. The molecule has 5 aromatic carbocycles. The van der Waals surface area contributed by atoms with Crippen LogP contribution in [0.3, 0.4) is 0 Å². The second-order valence-electron chi connectivity index (χ2n) is 14.5. The molecule has 0 saturated carbocycles. The Kier molecular flexibility index (Phi) is 7.00. The normalized spacial score (nSPS) is 12.6. The minimum atomic E-state index is 0.0563. The zero-order valence-electron chi connectivity index (χ0n) is 27.7. The van der Waals surface area contributed by atoms with Crippen molar-refractivity contribution in [2.24, 2.45) is 0 Å². The second-order valence-corrected chi connectivity index (χ2v) is 14.5. The number of aromatic nitrogens is 3. The van der Waals surface area contributed by atoms with Gasteiger partial charge in [0.2, 0.25) is 5.95 Å². The molecule has 1 N–H and O–H groups in total. The van der Waals surface area contributed by atoms with Crippen molar-refractivity contribution >= 4 is 55.0 Å². The fourth-order valence-electron chi connectivity index (χ4n) is 6.59. The van der Waals surface area contributed by atoms with Gasteiger partial charge in [-0.05, 0) is 76.2 Å². The predicted octanol–water partition coefficient (Wildman–Crippen LogP) is 11.4. The van der Waals surface area contributed by atoms with Gasteiger partial charge >= 0.3 is 0 Å². The average Bonchev–Trinajstić information content (AvgIpc) is 3.54. The van der Waals surface area contributed by atoms with E-state index in [0.29, 0.717) is 0 Å². The van der Waals surface area contributed by atoms with Gasteiger partial charge in [0.25, 0.3) is 0 Å². The van der Waals surface area contributed by atoms with Gasteiger partial charge in [-0.2, -0.15) is 0 Å². The smallest absolute Gasteiger partial charge is 0.215 e. The van der Waals surface area contributed by atoms with Gasteiger partial charge in [-0.15, -0.1) is 0 Å². The summed E-state index contributed by atoms with van der Waals surface area (Å²) in [6, 6.07) is 35.5. The summed E-state index contributed by atoms with van der Waals surface area (Å²) in [6.07, 6.45) is 2.20. The molecule has 0 aliphatic rings. The molecule has 0 bridgehead atoms. The lowest BCUT2D eigenvalue weighted by Gasteiger charge is -2.19. The molecular formula is C41H44N4. The first-order chi connectivity index (χ1) is 21.5. The Bertz CT molecular complexity index is 2120. The van der Waals surface area contributed by atoms with E-state index in [4.69, 9.17) is 4.98 Å². The van der Waals surface area contributed by atoms with Gasteiger partial charge in [-0.25, -0.2) is 4.98 Å². The fraction of sp³-hybridized carbons (Fsp3) is 0.293. The predicted molar refractivity (Wildman–Crippen MR) is 194 cm³/mol. The van der Waals surface area contributed by atoms with Crippen LogP contribution in [-0.4, -0.2) is 14.1 Å². The van der Waals surface area contributed by atoms with E-state index in [0.717, 1.165) is 47.7 Å². The molecule has 45 heavy (non-hydrogen) atoms. The monoisotopic (exact) mass is 592 g/mol. The molecule has 0 spiro atoms. The summed E-state index contributed by atoms with van der Waals surface area (Å²) in [5.74, 6) is 0.970. The number of hydrogen-bond acceptors (Lipinski definition) is 2. The SMILES string of the molecule is CCCCn1c(-n2c3ccc(C(C)(C)C)cc3c3cc(C(C)(C)C)ccc32)nc2c(Nc3cccc4ccccc34)cccc21. The number of nitrogens with zero attached hydrogens (tertiary/aromatic N) is 3. The van der Waals surface area contributed by atoms with E-state index in [1.165, 1.54) is 43.7 Å². The van der Waals surface area contributed by atoms with Crippen LogP contribution >= 0.6 is 0 Å². The van der Waals surface area contributed by atoms with Crippen molar-refractivity contribution in [1.82, 2.24) is 14.1 Å². The maximum atomic E-state index is 5.49. The van der Waals surface area contributed by atoms with Gasteiger partial charge < -0.3 is 9.88 Å². The lowest BCUT2D eigenvalue weighted by atomic mass is 9.85. The molecule has 7 aromatic rings. The summed E-state index contributed by atoms with van der Waals surface area (Å²) in [5.41, 5.74) is 9.44. The molecule has 0 fully saturated rings. The molecule has 7 rings (SSSR count). The maximum absolute atomic E-state index is 5.49. The number of unbranched alkanes of at least 4 members (excludes halogenated alkanes) is 1. The lowest BCUT2D eigenvalue weighted by Crippen LogP contribution is -2.11. The number of aryl methyl sites for hydroxylation is 1. The Hall–Kier alpha value is -4.57. The lowest BCUT2D eigenvalue weighted by molar-refractivity contribution is 0.590. The molecule has 2 aromatic heterocycles. The Balaban J connectivity index is 1.50. The van der Waals surface area contributed by atoms with Gasteiger partial charge in [-0.1, -0.05) is 109 Å². The quantitative estimate of drug-likeness (QED) is 0.208. The zero-order chi connectivity index (χ0) is 31.5. The van der Waals surface area contributed by atoms with Crippen molar-refractivity contribution in [1.29, 1.82) is 0 Å². The molecule has 2 heterocycles. The molecule has 0 amide bonds. The Morgan fingerprint density at radius 1 is 0.622 bits per heavy atom. The fourth-order valence-corrected chi connectivity index (χ4v) is 6.59. The van der Waals surface area contributed by atoms with Crippen LogP contribution in [0, 0.1) is 0 Å². The number of hydrogen-bond donors (Lipinski definition) is 1. The summed E-state index contributed by atoms with van der Waals surface area (Å²) < 4.78 is 4.84. The third kappa shape index (κ3) is 5.07. The Morgan fingerprint density at radius 3 is 1.87 bits per heavy atom. The standard InChI is InChI=1S/C41H44N4/c1-8-9-24-44-37-19-13-18-34(42-33-17-12-15-27-14-10-11-16-30(27)33)38(37)43-39(44)45-35-22-20-28(40(2,3)4)25-31(35)32-26-29(41(5,6)7)21-23-36(32)45/h10-23,25-26,42H,8-9,24H2,1-7H3. The van der Waals surface area contributed by atoms with Crippen LogP contribution < -0.4 is 5.32 Å². The van der Waals surface area contributed by atoms with Crippen LogP contribution in [0.5, 0.6) is 0 Å². The van der Waals surface area contributed by atoms with Crippen molar-refractivity contribution < 1.29 is 0 Å². The van der Waals surface area contributed by atoms with Crippen molar-refractivity contribution in [3.8, 4) is 5.95 Å². The Labute approximate surface area is 266 Å². The average molecular weight is 593 g/mol. The molecule has 0 atom stereocenters. The number of imidazole rings is 1.